The number of ether oxygens (including phenoxy) is 1. The van der Waals surface area contributed by atoms with Crippen molar-refractivity contribution in [2.75, 3.05) is 64.6 Å². The van der Waals surface area contributed by atoms with Gasteiger partial charge in [0.05, 0.1) is 18.3 Å². The van der Waals surface area contributed by atoms with Crippen LogP contribution in [0.3, 0.4) is 0 Å². The number of pyridine rings is 1. The van der Waals surface area contributed by atoms with E-state index in [4.69, 9.17) is 0 Å². The number of thiazole rings is 1. The SMILES string of the molecule is COC(=O)Nc1nc(C)c(S(=O)(=O)N2CCN(CC(C)Nc3ncnc4c(-c5cncc(CN(C)C)c5)cccc34)CC2)s1. The number of piperazine rings is 1. The second kappa shape index (κ2) is 13.5. The topological polar surface area (TPSA) is 146 Å². The van der Waals surface area contributed by atoms with Crippen LogP contribution in [-0.2, 0) is 21.3 Å². The van der Waals surface area contributed by atoms with Gasteiger partial charge in [-0.1, -0.05) is 23.5 Å². The van der Waals surface area contributed by atoms with E-state index >= 15 is 0 Å². The average molecular weight is 640 g/mol. The summed E-state index contributed by atoms with van der Waals surface area (Å²) in [6.45, 7) is 7.09. The molecule has 1 unspecified atom stereocenters. The van der Waals surface area contributed by atoms with Gasteiger partial charge in [-0.2, -0.15) is 4.31 Å². The predicted octanol–water partition coefficient (Wildman–Crippen LogP) is 3.50. The summed E-state index contributed by atoms with van der Waals surface area (Å²) in [4.78, 5) is 33.7. The zero-order valence-corrected chi connectivity index (χ0v) is 27.1. The zero-order chi connectivity index (χ0) is 31.4. The van der Waals surface area contributed by atoms with Gasteiger partial charge in [0.15, 0.2) is 9.34 Å². The third kappa shape index (κ3) is 7.13. The van der Waals surface area contributed by atoms with Crippen LogP contribution in [0.5, 0.6) is 0 Å². The Labute approximate surface area is 261 Å². The number of sulfonamides is 1. The van der Waals surface area contributed by atoms with Crippen molar-refractivity contribution >= 4 is 49.3 Å². The van der Waals surface area contributed by atoms with Gasteiger partial charge in [-0.3, -0.25) is 15.2 Å². The van der Waals surface area contributed by atoms with Crippen LogP contribution in [0.4, 0.5) is 15.7 Å². The van der Waals surface area contributed by atoms with E-state index in [0.29, 0.717) is 38.4 Å². The minimum atomic E-state index is -3.74. The van der Waals surface area contributed by atoms with E-state index in [1.54, 1.807) is 13.3 Å². The number of rotatable bonds is 10. The zero-order valence-electron chi connectivity index (χ0n) is 25.4. The van der Waals surface area contributed by atoms with E-state index in [1.807, 2.05) is 38.6 Å². The number of amides is 1. The van der Waals surface area contributed by atoms with E-state index in [2.05, 4.69) is 64.2 Å². The largest absolute Gasteiger partial charge is 0.453 e. The van der Waals surface area contributed by atoms with Gasteiger partial charge < -0.3 is 15.0 Å². The number of anilines is 2. The van der Waals surface area contributed by atoms with Crippen LogP contribution in [0, 0.1) is 6.92 Å². The average Bonchev–Trinajstić information content (AvgIpc) is 3.37. The van der Waals surface area contributed by atoms with Gasteiger partial charge in [0.1, 0.15) is 12.1 Å². The molecule has 3 aromatic heterocycles. The second-order valence-electron chi connectivity index (χ2n) is 11.0. The molecule has 1 fully saturated rings. The van der Waals surface area contributed by atoms with Crippen LogP contribution in [-0.4, -0.2) is 109 Å². The van der Waals surface area contributed by atoms with Gasteiger partial charge in [-0.15, -0.1) is 0 Å². The molecular weight excluding hydrogens is 603 g/mol. The fourth-order valence-electron chi connectivity index (χ4n) is 5.27. The van der Waals surface area contributed by atoms with E-state index in [1.165, 1.54) is 11.4 Å². The summed E-state index contributed by atoms with van der Waals surface area (Å²) >= 11 is 0.926. The summed E-state index contributed by atoms with van der Waals surface area (Å²) in [6, 6.07) is 8.27. The van der Waals surface area contributed by atoms with Crippen LogP contribution in [0.2, 0.25) is 0 Å². The fraction of sp³-hybridized carbons (Fsp3) is 0.414. The van der Waals surface area contributed by atoms with Crippen LogP contribution in [0.15, 0.2) is 47.2 Å². The van der Waals surface area contributed by atoms with E-state index in [0.717, 1.165) is 51.3 Å². The standard InChI is InChI=1S/C29H37N9O4S2/c1-19(16-37-9-11-38(12-10-37)44(40,41)27-20(2)34-28(43-27)35-29(39)42-5)33-26-24-8-6-7-23(25(24)31-18-32-26)22-13-21(14-30-15-22)17-36(3)4/h6-8,13-15,18-19H,9-12,16-17H2,1-5H3,(H,31,32,33)(H,34,35,39). The summed E-state index contributed by atoms with van der Waals surface area (Å²) in [5.41, 5.74) is 4.32. The first-order valence-electron chi connectivity index (χ1n) is 14.2. The molecule has 1 aliphatic rings. The number of aromatic nitrogens is 4. The summed E-state index contributed by atoms with van der Waals surface area (Å²) in [6.07, 6.45) is 4.63. The number of nitrogens with one attached hydrogen (secondary N) is 2. The quantitative estimate of drug-likeness (QED) is 0.263. The van der Waals surface area contributed by atoms with Crippen molar-refractivity contribution in [1.29, 1.82) is 0 Å². The van der Waals surface area contributed by atoms with E-state index < -0.39 is 16.1 Å². The maximum absolute atomic E-state index is 13.4. The monoisotopic (exact) mass is 639 g/mol. The minimum absolute atomic E-state index is 0.0423. The number of nitrogens with zero attached hydrogens (tertiary/aromatic N) is 7. The lowest BCUT2D eigenvalue weighted by Crippen LogP contribution is -2.50. The van der Waals surface area contributed by atoms with Crippen molar-refractivity contribution in [3.05, 3.63) is 54.2 Å². The lowest BCUT2D eigenvalue weighted by atomic mass is 10.0. The lowest BCUT2D eigenvalue weighted by Gasteiger charge is -2.35. The number of benzene rings is 1. The highest BCUT2D eigenvalue weighted by Gasteiger charge is 2.32. The van der Waals surface area contributed by atoms with Crippen molar-refractivity contribution in [1.82, 2.24) is 34.0 Å². The minimum Gasteiger partial charge on any atom is -0.453 e. The molecule has 1 atom stereocenters. The second-order valence-corrected chi connectivity index (χ2v) is 14.1. The molecule has 0 spiro atoms. The molecule has 0 saturated carbocycles. The first kappa shape index (κ1) is 31.7. The Hall–Kier alpha value is -3.76. The van der Waals surface area contributed by atoms with Gasteiger partial charge in [-0.05, 0) is 45.6 Å². The Kier molecular flexibility index (Phi) is 9.70. The first-order chi connectivity index (χ1) is 21.0. The van der Waals surface area contributed by atoms with Gasteiger partial charge in [0, 0.05) is 74.2 Å². The third-order valence-electron chi connectivity index (χ3n) is 7.24. The molecule has 1 aromatic carbocycles. The predicted molar refractivity (Wildman–Crippen MR) is 171 cm³/mol. The third-order valence-corrected chi connectivity index (χ3v) is 10.8. The number of fused-ring (bicyclic) bond motifs is 1. The lowest BCUT2D eigenvalue weighted by molar-refractivity contribution is 0.184. The van der Waals surface area contributed by atoms with Crippen molar-refractivity contribution in [3.8, 4) is 11.1 Å². The molecule has 1 amide bonds. The highest BCUT2D eigenvalue weighted by Crippen LogP contribution is 2.32. The van der Waals surface area contributed by atoms with Gasteiger partial charge in [-0.25, -0.2) is 28.2 Å². The highest BCUT2D eigenvalue weighted by molar-refractivity contribution is 7.91. The number of hydrogen-bond acceptors (Lipinski definition) is 12. The molecule has 0 radical (unpaired) electrons. The molecule has 0 aliphatic carbocycles. The Morgan fingerprint density at radius 1 is 1.16 bits per heavy atom. The number of aryl methyl sites for hydroxylation is 1. The fourth-order valence-corrected chi connectivity index (χ4v) is 8.23. The van der Waals surface area contributed by atoms with Crippen molar-refractivity contribution in [2.24, 2.45) is 0 Å². The van der Waals surface area contributed by atoms with Crippen molar-refractivity contribution < 1.29 is 17.9 Å². The number of carbonyl (C=O) groups is 1. The molecule has 2 N–H and O–H groups in total. The number of carbonyl (C=O) groups excluding carboxylic acids is 1. The molecule has 1 aliphatic heterocycles. The summed E-state index contributed by atoms with van der Waals surface area (Å²) in [5, 5.41) is 7.10. The molecule has 15 heteroatoms. The molecule has 5 rings (SSSR count). The van der Waals surface area contributed by atoms with Crippen LogP contribution >= 0.6 is 11.3 Å². The Balaban J connectivity index is 1.23. The molecule has 44 heavy (non-hydrogen) atoms. The van der Waals surface area contributed by atoms with Gasteiger partial charge in [0.2, 0.25) is 0 Å². The smallest absolute Gasteiger partial charge is 0.413 e. The highest BCUT2D eigenvalue weighted by atomic mass is 32.2. The summed E-state index contributed by atoms with van der Waals surface area (Å²) < 4.78 is 32.9. The maximum Gasteiger partial charge on any atom is 0.413 e. The molecule has 4 aromatic rings. The molecule has 1 saturated heterocycles. The number of methoxy groups -OCH3 is 1. The molecule has 0 bridgehead atoms. The molecular formula is C29H37N9O4S2. The van der Waals surface area contributed by atoms with E-state index in [-0.39, 0.29) is 15.4 Å². The van der Waals surface area contributed by atoms with Gasteiger partial charge >= 0.3 is 6.09 Å². The van der Waals surface area contributed by atoms with Gasteiger partial charge in [0.25, 0.3) is 10.0 Å². The maximum atomic E-state index is 13.4. The van der Waals surface area contributed by atoms with Crippen LogP contribution < -0.4 is 10.6 Å². The normalized spacial score (nSPS) is 15.4. The van der Waals surface area contributed by atoms with E-state index in [9.17, 15) is 13.2 Å². The number of hydrogen-bond donors (Lipinski definition) is 2. The Morgan fingerprint density at radius 2 is 1.93 bits per heavy atom. The van der Waals surface area contributed by atoms with Crippen molar-refractivity contribution in [2.45, 2.75) is 30.6 Å². The first-order valence-corrected chi connectivity index (χ1v) is 16.4. The van der Waals surface area contributed by atoms with Crippen molar-refractivity contribution in [3.63, 3.8) is 0 Å². The molecule has 234 valence electrons. The van der Waals surface area contributed by atoms with Crippen LogP contribution in [0.25, 0.3) is 22.0 Å². The number of para-hydroxylation sites is 1. The molecule has 4 heterocycles. The summed E-state index contributed by atoms with van der Waals surface area (Å²) in [7, 11) is 1.56. The van der Waals surface area contributed by atoms with Crippen LogP contribution in [0.1, 0.15) is 18.2 Å². The Bertz CT molecular complexity index is 1740. The molecule has 13 nitrogen and oxygen atoms in total. The Morgan fingerprint density at radius 3 is 2.66 bits per heavy atom. The summed E-state index contributed by atoms with van der Waals surface area (Å²) in [5.74, 6) is 0.750.